The van der Waals surface area contributed by atoms with Crippen LogP contribution in [0, 0.1) is 5.92 Å². The second-order valence-electron chi connectivity index (χ2n) is 5.94. The van der Waals surface area contributed by atoms with Gasteiger partial charge in [-0.2, -0.15) is 13.2 Å². The fourth-order valence-corrected chi connectivity index (χ4v) is 2.82. The van der Waals surface area contributed by atoms with Crippen LogP contribution in [0.25, 0.3) is 0 Å². The third-order valence-corrected chi connectivity index (χ3v) is 4.27. The number of carbonyl (C=O) groups is 1. The molecule has 2 aromatic rings. The van der Waals surface area contributed by atoms with Gasteiger partial charge in [-0.15, -0.1) is 10.2 Å². The van der Waals surface area contributed by atoms with Crippen molar-refractivity contribution in [3.8, 4) is 0 Å². The van der Waals surface area contributed by atoms with Crippen molar-refractivity contribution in [2.24, 2.45) is 13.0 Å². The van der Waals surface area contributed by atoms with Crippen LogP contribution in [0.4, 0.5) is 13.2 Å². The average Bonchev–Trinajstić information content (AvgIpc) is 2.96. The van der Waals surface area contributed by atoms with Crippen LogP contribution < -0.4 is 10.9 Å². The molecular weight excluding hydrogens is 339 g/mol. The lowest BCUT2D eigenvalue weighted by Gasteiger charge is -2.25. The lowest BCUT2D eigenvalue weighted by Crippen LogP contribution is -2.34. The summed E-state index contributed by atoms with van der Waals surface area (Å²) in [6.07, 6.45) is -2.98. The molecule has 0 aromatic carbocycles. The Balaban J connectivity index is 1.70. The molecule has 0 aliphatic carbocycles. The van der Waals surface area contributed by atoms with E-state index in [4.69, 9.17) is 0 Å². The summed E-state index contributed by atoms with van der Waals surface area (Å²) in [6, 6.07) is 2.98. The largest absolute Gasteiger partial charge is 0.392 e. The topological polar surface area (TPSA) is 81.8 Å². The van der Waals surface area contributed by atoms with E-state index >= 15 is 0 Å². The van der Waals surface area contributed by atoms with Crippen molar-refractivity contribution in [3.05, 3.63) is 45.9 Å². The van der Waals surface area contributed by atoms with Gasteiger partial charge in [0.2, 0.25) is 0 Å². The second kappa shape index (κ2) is 6.34. The zero-order chi connectivity index (χ0) is 18.2. The third-order valence-electron chi connectivity index (χ3n) is 4.27. The number of aryl methyl sites for hydroxylation is 1. The summed E-state index contributed by atoms with van der Waals surface area (Å²) >= 11 is 0. The highest BCUT2D eigenvalue weighted by Gasteiger charge is 2.42. The molecule has 1 atom stereocenters. The van der Waals surface area contributed by atoms with Gasteiger partial charge in [-0.25, -0.2) is 0 Å². The Hall–Kier alpha value is -2.65. The molecule has 1 amide bonds. The van der Waals surface area contributed by atoms with E-state index in [0.717, 1.165) is 0 Å². The summed E-state index contributed by atoms with van der Waals surface area (Å²) < 4.78 is 41.3. The van der Waals surface area contributed by atoms with Crippen molar-refractivity contribution in [3.63, 3.8) is 0 Å². The molecule has 7 nitrogen and oxygen atoms in total. The Labute approximate surface area is 140 Å². The van der Waals surface area contributed by atoms with Gasteiger partial charge in [-0.05, 0) is 18.6 Å². The van der Waals surface area contributed by atoms with Gasteiger partial charge in [-0.1, -0.05) is 0 Å². The number of amides is 1. The fraction of sp³-hybridized carbons (Fsp3) is 0.467. The summed E-state index contributed by atoms with van der Waals surface area (Å²) in [7, 11) is 1.53. The van der Waals surface area contributed by atoms with Crippen molar-refractivity contribution < 1.29 is 18.0 Å². The van der Waals surface area contributed by atoms with Crippen LogP contribution in [-0.4, -0.2) is 31.4 Å². The van der Waals surface area contributed by atoms with Crippen LogP contribution in [0.1, 0.15) is 28.4 Å². The first-order valence-electron chi connectivity index (χ1n) is 7.69. The smallest absolute Gasteiger partial charge is 0.345 e. The minimum Gasteiger partial charge on any atom is -0.345 e. The molecule has 25 heavy (non-hydrogen) atoms. The number of nitrogens with zero attached hydrogens (tertiary/aromatic N) is 4. The number of rotatable bonds is 3. The quantitative estimate of drug-likeness (QED) is 0.892. The van der Waals surface area contributed by atoms with Gasteiger partial charge in [0.05, 0.1) is 12.5 Å². The number of carbonyl (C=O) groups excluding carboxylic acids is 1. The molecule has 0 bridgehead atoms. The van der Waals surface area contributed by atoms with Crippen molar-refractivity contribution in [1.82, 2.24) is 24.6 Å². The Morgan fingerprint density at radius 1 is 1.40 bits per heavy atom. The van der Waals surface area contributed by atoms with E-state index in [9.17, 15) is 22.8 Å². The van der Waals surface area contributed by atoms with Crippen LogP contribution in [0.15, 0.2) is 23.1 Å². The molecule has 1 aliphatic heterocycles. The monoisotopic (exact) mass is 355 g/mol. The molecule has 0 unspecified atom stereocenters. The number of hydrogen-bond donors (Lipinski definition) is 1. The standard InChI is InChI=1S/C15H16F3N5O2/c1-22-5-2-3-10(14(22)25)13(24)19-8-12-21-20-11-7-9(15(16,17)18)4-6-23(11)12/h2-3,5,9H,4,6-8H2,1H3,(H,19,24)/t9-/m0/s1. The predicted molar refractivity (Wildman–Crippen MR) is 80.7 cm³/mol. The van der Waals surface area contributed by atoms with Gasteiger partial charge in [0.15, 0.2) is 5.82 Å². The van der Waals surface area contributed by atoms with E-state index in [0.29, 0.717) is 5.82 Å². The van der Waals surface area contributed by atoms with E-state index in [-0.39, 0.29) is 37.3 Å². The Morgan fingerprint density at radius 3 is 2.88 bits per heavy atom. The highest BCUT2D eigenvalue weighted by Crippen LogP contribution is 2.34. The Bertz CT molecular complexity index is 856. The van der Waals surface area contributed by atoms with Crippen LogP contribution >= 0.6 is 0 Å². The van der Waals surface area contributed by atoms with Crippen LogP contribution in [-0.2, 0) is 26.6 Å². The molecule has 3 heterocycles. The Morgan fingerprint density at radius 2 is 2.16 bits per heavy atom. The lowest BCUT2D eigenvalue weighted by atomic mass is 9.97. The van der Waals surface area contributed by atoms with Crippen LogP contribution in [0.5, 0.6) is 0 Å². The molecular formula is C15H16F3N5O2. The molecule has 134 valence electrons. The second-order valence-corrected chi connectivity index (χ2v) is 5.94. The Kier molecular flexibility index (Phi) is 4.36. The maximum Gasteiger partial charge on any atom is 0.392 e. The number of halogens is 3. The minimum absolute atomic E-state index is 0.0133. The summed E-state index contributed by atoms with van der Waals surface area (Å²) in [5, 5.41) is 10.2. The lowest BCUT2D eigenvalue weighted by molar-refractivity contribution is -0.179. The van der Waals surface area contributed by atoms with E-state index in [1.165, 1.54) is 23.9 Å². The van der Waals surface area contributed by atoms with Crippen molar-refractivity contribution in [1.29, 1.82) is 0 Å². The first-order chi connectivity index (χ1) is 11.8. The highest BCUT2D eigenvalue weighted by molar-refractivity contribution is 5.93. The fourth-order valence-electron chi connectivity index (χ4n) is 2.82. The maximum absolute atomic E-state index is 12.8. The van der Waals surface area contributed by atoms with Gasteiger partial charge in [-0.3, -0.25) is 9.59 Å². The van der Waals surface area contributed by atoms with Crippen LogP contribution in [0.3, 0.4) is 0 Å². The number of hydrogen-bond acceptors (Lipinski definition) is 4. The normalized spacial score (nSPS) is 17.2. The zero-order valence-corrected chi connectivity index (χ0v) is 13.4. The summed E-state index contributed by atoms with van der Waals surface area (Å²) in [6.45, 7) is 0.130. The summed E-state index contributed by atoms with van der Waals surface area (Å²) in [4.78, 5) is 24.0. The molecule has 10 heteroatoms. The number of fused-ring (bicyclic) bond motifs is 1. The molecule has 2 aromatic heterocycles. The van der Waals surface area contributed by atoms with E-state index < -0.39 is 23.6 Å². The molecule has 0 fully saturated rings. The first kappa shape index (κ1) is 17.2. The number of aromatic nitrogens is 4. The molecule has 1 aliphatic rings. The molecule has 3 rings (SSSR count). The number of alkyl halides is 3. The maximum atomic E-state index is 12.8. The van der Waals surface area contributed by atoms with Gasteiger partial charge in [0.1, 0.15) is 11.4 Å². The molecule has 0 saturated heterocycles. The van der Waals surface area contributed by atoms with Crippen molar-refractivity contribution in [2.45, 2.75) is 32.1 Å². The van der Waals surface area contributed by atoms with Gasteiger partial charge < -0.3 is 14.5 Å². The van der Waals surface area contributed by atoms with Gasteiger partial charge in [0.25, 0.3) is 11.5 Å². The number of pyridine rings is 1. The van der Waals surface area contributed by atoms with Crippen molar-refractivity contribution in [2.75, 3.05) is 0 Å². The van der Waals surface area contributed by atoms with Crippen LogP contribution in [0.2, 0.25) is 0 Å². The van der Waals surface area contributed by atoms with Gasteiger partial charge in [0, 0.05) is 26.2 Å². The van der Waals surface area contributed by atoms with Crippen molar-refractivity contribution >= 4 is 5.91 Å². The molecule has 1 N–H and O–H groups in total. The average molecular weight is 355 g/mol. The SMILES string of the molecule is Cn1cccc(C(=O)NCc2nnc3n2CC[C@H](C(F)(F)F)C3)c1=O. The third kappa shape index (κ3) is 3.42. The molecule has 0 saturated carbocycles. The van der Waals surface area contributed by atoms with E-state index in [1.807, 2.05) is 0 Å². The summed E-state index contributed by atoms with van der Waals surface area (Å²) in [5.74, 6) is -1.35. The minimum atomic E-state index is -4.25. The van der Waals surface area contributed by atoms with E-state index in [1.54, 1.807) is 10.6 Å². The molecule has 0 spiro atoms. The van der Waals surface area contributed by atoms with E-state index in [2.05, 4.69) is 15.5 Å². The predicted octanol–water partition coefficient (Wildman–Crippen LogP) is 1.03. The molecule has 0 radical (unpaired) electrons. The zero-order valence-electron chi connectivity index (χ0n) is 13.4. The number of nitrogens with one attached hydrogen (secondary N) is 1. The van der Waals surface area contributed by atoms with Gasteiger partial charge >= 0.3 is 6.18 Å². The highest BCUT2D eigenvalue weighted by atomic mass is 19.4. The summed E-state index contributed by atoms with van der Waals surface area (Å²) in [5.41, 5.74) is -0.447. The first-order valence-corrected chi connectivity index (χ1v) is 7.69.